The van der Waals surface area contributed by atoms with Crippen molar-refractivity contribution in [2.45, 2.75) is 26.8 Å². The summed E-state index contributed by atoms with van der Waals surface area (Å²) in [6.07, 6.45) is 2.61. The van der Waals surface area contributed by atoms with Gasteiger partial charge in [-0.05, 0) is 37.6 Å². The Bertz CT molecular complexity index is 540. The van der Waals surface area contributed by atoms with Crippen molar-refractivity contribution in [3.63, 3.8) is 0 Å². The summed E-state index contributed by atoms with van der Waals surface area (Å²) >= 11 is 0. The van der Waals surface area contributed by atoms with Crippen LogP contribution in [0, 0.1) is 12.7 Å². The van der Waals surface area contributed by atoms with E-state index >= 15 is 0 Å². The van der Waals surface area contributed by atoms with Gasteiger partial charge in [-0.2, -0.15) is 4.98 Å². The fourth-order valence-electron chi connectivity index (χ4n) is 1.59. The molecule has 1 aromatic heterocycles. The zero-order valence-corrected chi connectivity index (χ0v) is 11.1. The van der Waals surface area contributed by atoms with Gasteiger partial charge in [0.25, 0.3) is 0 Å². The van der Waals surface area contributed by atoms with Crippen molar-refractivity contribution in [3.8, 4) is 11.8 Å². The number of ether oxygens (including phenoxy) is 1. The quantitative estimate of drug-likeness (QED) is 0.812. The molecular formula is C14H17FN2O2. The molecular weight excluding hydrogens is 247 g/mol. The summed E-state index contributed by atoms with van der Waals surface area (Å²) in [5, 5.41) is 3.20. The summed E-state index contributed by atoms with van der Waals surface area (Å²) in [7, 11) is 0. The maximum Gasteiger partial charge on any atom is 0.399 e. The van der Waals surface area contributed by atoms with E-state index in [1.54, 1.807) is 12.1 Å². The van der Waals surface area contributed by atoms with E-state index in [2.05, 4.69) is 17.2 Å². The summed E-state index contributed by atoms with van der Waals surface area (Å²) < 4.78 is 24.0. The third kappa shape index (κ3) is 3.79. The molecule has 1 aromatic carbocycles. The molecule has 2 rings (SSSR count). The van der Waals surface area contributed by atoms with Crippen LogP contribution in [0.25, 0.3) is 0 Å². The second-order valence-electron chi connectivity index (χ2n) is 4.32. The van der Waals surface area contributed by atoms with Crippen LogP contribution in [0.4, 0.5) is 4.39 Å². The van der Waals surface area contributed by atoms with Crippen molar-refractivity contribution < 1.29 is 13.5 Å². The molecule has 0 aliphatic heterocycles. The van der Waals surface area contributed by atoms with Crippen LogP contribution < -0.4 is 10.1 Å². The lowest BCUT2D eigenvalue weighted by Gasteiger charge is -2.03. The van der Waals surface area contributed by atoms with Crippen LogP contribution in [-0.4, -0.2) is 11.5 Å². The van der Waals surface area contributed by atoms with Crippen molar-refractivity contribution in [2.75, 3.05) is 6.54 Å². The Labute approximate surface area is 111 Å². The van der Waals surface area contributed by atoms with Crippen LogP contribution in [0.2, 0.25) is 0 Å². The predicted octanol–water partition coefficient (Wildman–Crippen LogP) is 3.41. The molecule has 0 atom stereocenters. The average Bonchev–Trinajstić information content (AvgIpc) is 2.82. The van der Waals surface area contributed by atoms with Gasteiger partial charge < -0.3 is 14.5 Å². The minimum absolute atomic E-state index is 0.0535. The standard InChI is InChI=1S/C14H17FN2O2/c1-3-6-16-8-11-9-18-14(17-11)19-13-7-10(2)4-5-12(13)15/h4-5,7,9,16H,3,6,8H2,1-2H3. The monoisotopic (exact) mass is 264 g/mol. The van der Waals surface area contributed by atoms with Gasteiger partial charge in [-0.1, -0.05) is 13.0 Å². The van der Waals surface area contributed by atoms with Crippen molar-refractivity contribution in [1.29, 1.82) is 0 Å². The molecule has 0 spiro atoms. The van der Waals surface area contributed by atoms with Gasteiger partial charge in [0.15, 0.2) is 11.6 Å². The molecule has 19 heavy (non-hydrogen) atoms. The molecule has 1 heterocycles. The van der Waals surface area contributed by atoms with Crippen molar-refractivity contribution in [2.24, 2.45) is 0 Å². The van der Waals surface area contributed by atoms with E-state index in [1.165, 1.54) is 12.3 Å². The van der Waals surface area contributed by atoms with E-state index in [-0.39, 0.29) is 11.8 Å². The fraction of sp³-hybridized carbons (Fsp3) is 0.357. The van der Waals surface area contributed by atoms with Crippen molar-refractivity contribution >= 4 is 0 Å². The fourth-order valence-corrected chi connectivity index (χ4v) is 1.59. The number of nitrogens with one attached hydrogen (secondary N) is 1. The van der Waals surface area contributed by atoms with Gasteiger partial charge in [0.05, 0.1) is 5.69 Å². The highest BCUT2D eigenvalue weighted by atomic mass is 19.1. The first kappa shape index (κ1) is 13.5. The van der Waals surface area contributed by atoms with Gasteiger partial charge in [0.2, 0.25) is 0 Å². The van der Waals surface area contributed by atoms with Crippen LogP contribution in [0.15, 0.2) is 28.9 Å². The highest BCUT2D eigenvalue weighted by molar-refractivity contribution is 5.31. The predicted molar refractivity (Wildman–Crippen MR) is 69.7 cm³/mol. The second kappa shape index (κ2) is 6.33. The Hall–Kier alpha value is -1.88. The highest BCUT2D eigenvalue weighted by Crippen LogP contribution is 2.24. The molecule has 5 heteroatoms. The molecule has 0 radical (unpaired) electrons. The maximum absolute atomic E-state index is 13.5. The third-order valence-electron chi connectivity index (χ3n) is 2.55. The van der Waals surface area contributed by atoms with Crippen molar-refractivity contribution in [1.82, 2.24) is 10.3 Å². The normalized spacial score (nSPS) is 10.7. The maximum atomic E-state index is 13.5. The smallest absolute Gasteiger partial charge is 0.399 e. The SMILES string of the molecule is CCCNCc1coc(Oc2cc(C)ccc2F)n1. The summed E-state index contributed by atoms with van der Waals surface area (Å²) in [5.74, 6) is -0.315. The van der Waals surface area contributed by atoms with Crippen LogP contribution in [0.5, 0.6) is 11.8 Å². The molecule has 4 nitrogen and oxygen atoms in total. The molecule has 0 saturated carbocycles. The Morgan fingerprint density at radius 3 is 3.05 bits per heavy atom. The van der Waals surface area contributed by atoms with Crippen LogP contribution in [-0.2, 0) is 6.54 Å². The molecule has 0 saturated heterocycles. The lowest BCUT2D eigenvalue weighted by atomic mass is 10.2. The Kier molecular flexibility index (Phi) is 4.52. The lowest BCUT2D eigenvalue weighted by molar-refractivity contribution is 0.318. The topological polar surface area (TPSA) is 47.3 Å². The Morgan fingerprint density at radius 1 is 1.42 bits per heavy atom. The first-order valence-electron chi connectivity index (χ1n) is 6.28. The average molecular weight is 264 g/mol. The number of aryl methyl sites for hydroxylation is 1. The van der Waals surface area contributed by atoms with Gasteiger partial charge in [-0.15, -0.1) is 0 Å². The van der Waals surface area contributed by atoms with Crippen LogP contribution in [0.1, 0.15) is 24.6 Å². The zero-order chi connectivity index (χ0) is 13.7. The first-order valence-corrected chi connectivity index (χ1v) is 6.28. The van der Waals surface area contributed by atoms with E-state index in [0.29, 0.717) is 6.54 Å². The van der Waals surface area contributed by atoms with E-state index in [4.69, 9.17) is 9.15 Å². The third-order valence-corrected chi connectivity index (χ3v) is 2.55. The van der Waals surface area contributed by atoms with E-state index in [1.807, 2.05) is 6.92 Å². The van der Waals surface area contributed by atoms with Gasteiger partial charge in [0.1, 0.15) is 6.26 Å². The Morgan fingerprint density at radius 2 is 2.26 bits per heavy atom. The molecule has 0 fully saturated rings. The van der Waals surface area contributed by atoms with E-state index < -0.39 is 5.82 Å². The largest absolute Gasteiger partial charge is 0.417 e. The number of aromatic nitrogens is 1. The number of hydrogen-bond donors (Lipinski definition) is 1. The molecule has 2 aromatic rings. The van der Waals surface area contributed by atoms with Gasteiger partial charge in [-0.3, -0.25) is 0 Å². The van der Waals surface area contributed by atoms with Crippen LogP contribution in [0.3, 0.4) is 0 Å². The number of benzene rings is 1. The molecule has 102 valence electrons. The summed E-state index contributed by atoms with van der Waals surface area (Å²) in [4.78, 5) is 4.13. The number of hydrogen-bond acceptors (Lipinski definition) is 4. The van der Waals surface area contributed by atoms with E-state index in [9.17, 15) is 4.39 Å². The first-order chi connectivity index (χ1) is 9.19. The number of nitrogens with zero attached hydrogens (tertiary/aromatic N) is 1. The minimum Gasteiger partial charge on any atom is -0.417 e. The zero-order valence-electron chi connectivity index (χ0n) is 11.1. The number of oxazole rings is 1. The van der Waals surface area contributed by atoms with Crippen LogP contribution >= 0.6 is 0 Å². The van der Waals surface area contributed by atoms with Crippen molar-refractivity contribution in [3.05, 3.63) is 41.5 Å². The summed E-state index contributed by atoms with van der Waals surface area (Å²) in [6, 6.07) is 4.64. The number of halogens is 1. The molecule has 0 aliphatic carbocycles. The minimum atomic E-state index is -0.436. The summed E-state index contributed by atoms with van der Waals surface area (Å²) in [5.41, 5.74) is 1.64. The Balaban J connectivity index is 2.01. The number of rotatable bonds is 6. The highest BCUT2D eigenvalue weighted by Gasteiger charge is 2.10. The molecule has 1 N–H and O–H groups in total. The van der Waals surface area contributed by atoms with Gasteiger partial charge >= 0.3 is 6.08 Å². The second-order valence-corrected chi connectivity index (χ2v) is 4.32. The lowest BCUT2D eigenvalue weighted by Crippen LogP contribution is -2.13. The molecule has 0 amide bonds. The van der Waals surface area contributed by atoms with Gasteiger partial charge in [0, 0.05) is 6.54 Å². The molecule has 0 bridgehead atoms. The van der Waals surface area contributed by atoms with Gasteiger partial charge in [-0.25, -0.2) is 4.39 Å². The molecule has 0 aliphatic rings. The molecule has 0 unspecified atom stereocenters. The summed E-state index contributed by atoms with van der Waals surface area (Å²) in [6.45, 7) is 5.47. The van der Waals surface area contributed by atoms with E-state index in [0.717, 1.165) is 24.2 Å².